The third kappa shape index (κ3) is 2.95. The molecule has 3 nitrogen and oxygen atoms in total. The molecule has 112 valence electrons. The summed E-state index contributed by atoms with van der Waals surface area (Å²) in [5.74, 6) is 0.158. The number of methoxy groups -OCH3 is 1. The quantitative estimate of drug-likeness (QED) is 0.839. The molecule has 0 spiro atoms. The number of benzene rings is 1. The molecule has 2 N–H and O–H groups in total. The van der Waals surface area contributed by atoms with Crippen molar-refractivity contribution >= 4 is 22.3 Å². The van der Waals surface area contributed by atoms with Crippen LogP contribution in [-0.2, 0) is 4.74 Å². The molecule has 0 bridgehead atoms. The summed E-state index contributed by atoms with van der Waals surface area (Å²) in [5.41, 5.74) is 9.66. The number of nitrogens with two attached hydrogens (primary N) is 1. The van der Waals surface area contributed by atoms with Crippen molar-refractivity contribution < 1.29 is 9.53 Å². The maximum Gasteiger partial charge on any atom is 0.341 e. The number of aryl methyl sites for hydroxylation is 1. The molecule has 0 saturated heterocycles. The monoisotopic (exact) mass is 303 g/mol. The number of nitrogen functional groups attached to an aromatic ring is 1. The van der Waals surface area contributed by atoms with Crippen LogP contribution in [0, 0.1) is 6.92 Å². The predicted octanol–water partition coefficient (Wildman–Crippen LogP) is 4.61. The van der Waals surface area contributed by atoms with Crippen LogP contribution in [0.2, 0.25) is 0 Å². The zero-order valence-electron chi connectivity index (χ0n) is 12.9. The van der Waals surface area contributed by atoms with Crippen LogP contribution in [0.25, 0.3) is 11.1 Å². The summed E-state index contributed by atoms with van der Waals surface area (Å²) in [7, 11) is 1.38. The number of carbonyl (C=O) groups is 1. The van der Waals surface area contributed by atoms with E-state index < -0.39 is 0 Å². The molecule has 1 aromatic heterocycles. The molecule has 1 aromatic carbocycles. The van der Waals surface area contributed by atoms with Gasteiger partial charge in [-0.15, -0.1) is 11.3 Å². The van der Waals surface area contributed by atoms with Gasteiger partial charge >= 0.3 is 5.97 Å². The van der Waals surface area contributed by atoms with Crippen molar-refractivity contribution in [3.63, 3.8) is 0 Å². The number of hydrogen-bond donors (Lipinski definition) is 1. The summed E-state index contributed by atoms with van der Waals surface area (Å²) in [6.07, 6.45) is 1.11. The third-order valence-electron chi connectivity index (χ3n) is 3.88. The van der Waals surface area contributed by atoms with Gasteiger partial charge in [-0.2, -0.15) is 0 Å². The first kappa shape index (κ1) is 15.6. The van der Waals surface area contributed by atoms with E-state index in [-0.39, 0.29) is 5.97 Å². The van der Waals surface area contributed by atoms with Crippen molar-refractivity contribution in [1.29, 1.82) is 0 Å². The lowest BCUT2D eigenvalue weighted by atomic mass is 9.95. The van der Waals surface area contributed by atoms with Gasteiger partial charge in [0.25, 0.3) is 0 Å². The Bertz CT molecular complexity index is 644. The van der Waals surface area contributed by atoms with Gasteiger partial charge in [-0.1, -0.05) is 38.1 Å². The van der Waals surface area contributed by atoms with E-state index in [9.17, 15) is 4.79 Å². The van der Waals surface area contributed by atoms with E-state index in [0.29, 0.717) is 16.5 Å². The van der Waals surface area contributed by atoms with Crippen LogP contribution in [0.15, 0.2) is 24.3 Å². The minimum absolute atomic E-state index is 0.377. The second-order valence-electron chi connectivity index (χ2n) is 5.20. The summed E-state index contributed by atoms with van der Waals surface area (Å²) in [6, 6.07) is 8.36. The standard InChI is InChI=1S/C17H21NO2S/c1-5-10(2)12-6-8-13(9-7-12)14-11(3)21-16(18)15(14)17(19)20-4/h6-10H,5,18H2,1-4H3/t10-/m1/s1. The maximum atomic E-state index is 12.0. The molecule has 21 heavy (non-hydrogen) atoms. The lowest BCUT2D eigenvalue weighted by molar-refractivity contribution is 0.0603. The first-order chi connectivity index (χ1) is 9.99. The van der Waals surface area contributed by atoms with Gasteiger partial charge in [0, 0.05) is 10.4 Å². The molecule has 0 amide bonds. The molecule has 2 rings (SSSR count). The maximum absolute atomic E-state index is 12.0. The van der Waals surface area contributed by atoms with Crippen LogP contribution in [0.3, 0.4) is 0 Å². The molecule has 0 aliphatic heterocycles. The largest absolute Gasteiger partial charge is 0.465 e. The normalized spacial score (nSPS) is 12.2. The van der Waals surface area contributed by atoms with Gasteiger partial charge in [0.1, 0.15) is 10.6 Å². The zero-order valence-corrected chi connectivity index (χ0v) is 13.7. The predicted molar refractivity (Wildman–Crippen MR) is 88.9 cm³/mol. The number of anilines is 1. The SMILES string of the molecule is CC[C@@H](C)c1ccc(-c2c(C)sc(N)c2C(=O)OC)cc1. The van der Waals surface area contributed by atoms with Gasteiger partial charge in [-0.05, 0) is 30.4 Å². The number of carbonyl (C=O) groups excluding carboxylic acids is 1. The van der Waals surface area contributed by atoms with Gasteiger partial charge in [0.2, 0.25) is 0 Å². The van der Waals surface area contributed by atoms with Crippen molar-refractivity contribution in [2.24, 2.45) is 0 Å². The van der Waals surface area contributed by atoms with Crippen LogP contribution in [0.5, 0.6) is 0 Å². The van der Waals surface area contributed by atoms with Crippen LogP contribution in [-0.4, -0.2) is 13.1 Å². The molecule has 2 aromatic rings. The fraction of sp³-hybridized carbons (Fsp3) is 0.353. The Labute approximate surface area is 129 Å². The second kappa shape index (κ2) is 6.31. The molecule has 0 unspecified atom stereocenters. The first-order valence-corrected chi connectivity index (χ1v) is 7.88. The average Bonchev–Trinajstić information content (AvgIpc) is 2.80. The molecule has 4 heteroatoms. The smallest absolute Gasteiger partial charge is 0.341 e. The molecule has 0 fully saturated rings. The number of thiophene rings is 1. The van der Waals surface area contributed by atoms with Gasteiger partial charge in [0.15, 0.2) is 0 Å². The van der Waals surface area contributed by atoms with Crippen molar-refractivity contribution in [2.45, 2.75) is 33.1 Å². The highest BCUT2D eigenvalue weighted by Crippen LogP contribution is 2.39. The minimum Gasteiger partial charge on any atom is -0.465 e. The fourth-order valence-corrected chi connectivity index (χ4v) is 3.37. The van der Waals surface area contributed by atoms with Gasteiger partial charge in [0.05, 0.1) is 7.11 Å². The average molecular weight is 303 g/mol. The number of esters is 1. The van der Waals surface area contributed by atoms with Crippen molar-refractivity contribution in [1.82, 2.24) is 0 Å². The van der Waals surface area contributed by atoms with Crippen molar-refractivity contribution in [3.05, 3.63) is 40.3 Å². The molecular formula is C17H21NO2S. The topological polar surface area (TPSA) is 52.3 Å². The van der Waals surface area contributed by atoms with E-state index >= 15 is 0 Å². The first-order valence-electron chi connectivity index (χ1n) is 7.07. The Morgan fingerprint density at radius 2 is 1.95 bits per heavy atom. The van der Waals surface area contributed by atoms with E-state index in [0.717, 1.165) is 22.4 Å². The lowest BCUT2D eigenvalue weighted by Gasteiger charge is -2.11. The highest BCUT2D eigenvalue weighted by atomic mass is 32.1. The summed E-state index contributed by atoms with van der Waals surface area (Å²) in [6.45, 7) is 6.37. The fourth-order valence-electron chi connectivity index (χ4n) is 2.43. The molecule has 0 saturated carbocycles. The van der Waals surface area contributed by atoms with Crippen molar-refractivity contribution in [2.75, 3.05) is 12.8 Å². The van der Waals surface area contributed by atoms with E-state index in [2.05, 4.69) is 38.1 Å². The Morgan fingerprint density at radius 3 is 2.48 bits per heavy atom. The summed E-state index contributed by atoms with van der Waals surface area (Å²) < 4.78 is 4.86. The zero-order chi connectivity index (χ0) is 15.6. The highest BCUT2D eigenvalue weighted by molar-refractivity contribution is 7.16. The minimum atomic E-state index is -0.377. The van der Waals surface area contributed by atoms with E-state index in [1.807, 2.05) is 6.92 Å². The number of hydrogen-bond acceptors (Lipinski definition) is 4. The van der Waals surface area contributed by atoms with Crippen LogP contribution in [0.1, 0.15) is 47.0 Å². The van der Waals surface area contributed by atoms with Crippen LogP contribution in [0.4, 0.5) is 5.00 Å². The van der Waals surface area contributed by atoms with E-state index in [4.69, 9.17) is 10.5 Å². The highest BCUT2D eigenvalue weighted by Gasteiger charge is 2.22. The molecule has 1 heterocycles. The molecule has 1 atom stereocenters. The van der Waals surface area contributed by atoms with Gasteiger partial charge in [-0.25, -0.2) is 4.79 Å². The molecule has 0 aliphatic rings. The third-order valence-corrected chi connectivity index (χ3v) is 4.82. The van der Waals surface area contributed by atoms with E-state index in [1.165, 1.54) is 24.0 Å². The number of ether oxygens (including phenoxy) is 1. The van der Waals surface area contributed by atoms with Gasteiger partial charge < -0.3 is 10.5 Å². The summed E-state index contributed by atoms with van der Waals surface area (Å²) >= 11 is 1.43. The Kier molecular flexibility index (Phi) is 4.68. The molecule has 0 radical (unpaired) electrons. The van der Waals surface area contributed by atoms with Crippen molar-refractivity contribution in [3.8, 4) is 11.1 Å². The molecular weight excluding hydrogens is 282 g/mol. The number of rotatable bonds is 4. The van der Waals surface area contributed by atoms with Crippen LogP contribution < -0.4 is 5.73 Å². The Hall–Kier alpha value is -1.81. The van der Waals surface area contributed by atoms with Crippen LogP contribution >= 0.6 is 11.3 Å². The Balaban J connectivity index is 2.49. The molecule has 0 aliphatic carbocycles. The summed E-state index contributed by atoms with van der Waals surface area (Å²) in [4.78, 5) is 13.0. The second-order valence-corrected chi connectivity index (χ2v) is 6.45. The van der Waals surface area contributed by atoms with E-state index in [1.54, 1.807) is 0 Å². The lowest BCUT2D eigenvalue weighted by Crippen LogP contribution is -2.04. The summed E-state index contributed by atoms with van der Waals surface area (Å²) in [5, 5.41) is 0.514. The van der Waals surface area contributed by atoms with Gasteiger partial charge in [-0.3, -0.25) is 0 Å². The Morgan fingerprint density at radius 1 is 1.33 bits per heavy atom.